The van der Waals surface area contributed by atoms with E-state index in [0.29, 0.717) is 25.3 Å². The lowest BCUT2D eigenvalue weighted by atomic mass is 10.2. The Balaban J connectivity index is 1.36. The monoisotopic (exact) mass is 406 g/mol. The molecule has 0 spiro atoms. The number of halogens is 2. The minimum absolute atomic E-state index is 0.197. The topological polar surface area (TPSA) is 50.1 Å². The van der Waals surface area contributed by atoms with Crippen LogP contribution in [0.25, 0.3) is 11.0 Å². The second kappa shape index (κ2) is 7.70. The van der Waals surface area contributed by atoms with Crippen molar-refractivity contribution in [3.05, 3.63) is 78.3 Å². The van der Waals surface area contributed by atoms with E-state index in [2.05, 4.69) is 24.9 Å². The molecule has 6 nitrogen and oxygen atoms in total. The predicted octanol–water partition coefficient (Wildman–Crippen LogP) is 3.48. The molecule has 0 atom stereocenters. The van der Waals surface area contributed by atoms with Crippen molar-refractivity contribution < 1.29 is 8.78 Å². The summed E-state index contributed by atoms with van der Waals surface area (Å²) in [4.78, 5) is 13.2. The van der Waals surface area contributed by atoms with Crippen LogP contribution in [-0.4, -0.2) is 45.9 Å². The third-order valence-corrected chi connectivity index (χ3v) is 5.43. The molecule has 1 aliphatic rings. The zero-order chi connectivity index (χ0) is 20.5. The molecule has 0 bridgehead atoms. The zero-order valence-electron chi connectivity index (χ0n) is 16.2. The van der Waals surface area contributed by atoms with Crippen molar-refractivity contribution in [2.75, 3.05) is 36.0 Å². The van der Waals surface area contributed by atoms with Crippen LogP contribution < -0.4 is 9.80 Å². The Morgan fingerprint density at radius 2 is 1.57 bits per heavy atom. The fraction of sp³-hybridized carbons (Fsp3) is 0.227. The zero-order valence-corrected chi connectivity index (χ0v) is 16.2. The quantitative estimate of drug-likeness (QED) is 0.519. The summed E-state index contributed by atoms with van der Waals surface area (Å²) in [6.07, 6.45) is 3.32. The van der Waals surface area contributed by atoms with Crippen LogP contribution in [0.3, 0.4) is 0 Å². The molecular formula is C22H20F2N6. The first kappa shape index (κ1) is 18.5. The van der Waals surface area contributed by atoms with Crippen LogP contribution in [0.1, 0.15) is 5.56 Å². The summed E-state index contributed by atoms with van der Waals surface area (Å²) in [5, 5.41) is 5.35. The summed E-state index contributed by atoms with van der Waals surface area (Å²) in [5.41, 5.74) is 2.32. The molecule has 0 aliphatic carbocycles. The number of hydrogen-bond acceptors (Lipinski definition) is 5. The molecule has 8 heteroatoms. The van der Waals surface area contributed by atoms with Gasteiger partial charge in [-0.1, -0.05) is 24.3 Å². The van der Waals surface area contributed by atoms with Gasteiger partial charge in [0.25, 0.3) is 0 Å². The van der Waals surface area contributed by atoms with Gasteiger partial charge in [-0.3, -0.25) is 0 Å². The molecule has 0 N–H and O–H groups in total. The van der Waals surface area contributed by atoms with Gasteiger partial charge >= 0.3 is 0 Å². The molecule has 1 fully saturated rings. The average Bonchev–Trinajstić information content (AvgIpc) is 3.19. The molecule has 30 heavy (non-hydrogen) atoms. The van der Waals surface area contributed by atoms with E-state index in [-0.39, 0.29) is 11.6 Å². The normalized spacial score (nSPS) is 14.5. The first-order chi connectivity index (χ1) is 14.7. The van der Waals surface area contributed by atoms with E-state index >= 15 is 0 Å². The summed E-state index contributed by atoms with van der Waals surface area (Å²) in [7, 11) is 0. The summed E-state index contributed by atoms with van der Waals surface area (Å²) in [6.45, 7) is 3.36. The highest BCUT2D eigenvalue weighted by molar-refractivity contribution is 5.86. The highest BCUT2D eigenvalue weighted by Gasteiger charge is 2.22. The highest BCUT2D eigenvalue weighted by atomic mass is 19.1. The van der Waals surface area contributed by atoms with Crippen molar-refractivity contribution in [2.45, 2.75) is 6.54 Å². The van der Waals surface area contributed by atoms with Gasteiger partial charge in [0, 0.05) is 26.2 Å². The molecule has 3 heterocycles. The Hall–Kier alpha value is -3.55. The standard InChI is InChI=1S/C22H20F2N6/c23-17-7-5-16(6-8-17)14-30-22-18(13-27-30)21(25-15-26-22)29-11-9-28(10-12-29)20-4-2-1-3-19(20)24/h1-8,13,15H,9-12,14H2. The molecule has 0 radical (unpaired) electrons. The van der Waals surface area contributed by atoms with Gasteiger partial charge in [0.1, 0.15) is 23.8 Å². The lowest BCUT2D eigenvalue weighted by Crippen LogP contribution is -2.47. The third kappa shape index (κ3) is 3.45. The lowest BCUT2D eigenvalue weighted by Gasteiger charge is -2.36. The van der Waals surface area contributed by atoms with Gasteiger partial charge in [0.2, 0.25) is 0 Å². The maximum atomic E-state index is 14.1. The molecule has 2 aromatic carbocycles. The van der Waals surface area contributed by atoms with Crippen LogP contribution in [0.15, 0.2) is 61.1 Å². The van der Waals surface area contributed by atoms with Crippen LogP contribution in [0.2, 0.25) is 0 Å². The Labute approximate surface area is 172 Å². The van der Waals surface area contributed by atoms with E-state index < -0.39 is 0 Å². The SMILES string of the molecule is Fc1ccc(Cn2ncc3c(N4CCN(c5ccccc5F)CC4)ncnc32)cc1. The number of hydrogen-bond donors (Lipinski definition) is 0. The number of piperazine rings is 1. The van der Waals surface area contributed by atoms with Crippen LogP contribution in [0.5, 0.6) is 0 Å². The Morgan fingerprint density at radius 3 is 2.33 bits per heavy atom. The first-order valence-corrected chi connectivity index (χ1v) is 9.84. The van der Waals surface area contributed by atoms with Crippen molar-refractivity contribution in [1.29, 1.82) is 0 Å². The number of benzene rings is 2. The van der Waals surface area contributed by atoms with Crippen LogP contribution in [0, 0.1) is 11.6 Å². The van der Waals surface area contributed by atoms with E-state index in [4.69, 9.17) is 0 Å². The van der Waals surface area contributed by atoms with Gasteiger partial charge in [0.15, 0.2) is 5.65 Å². The Bertz CT molecular complexity index is 1170. The summed E-state index contributed by atoms with van der Waals surface area (Å²) < 4.78 is 29.1. The molecule has 0 amide bonds. The van der Waals surface area contributed by atoms with Crippen LogP contribution in [-0.2, 0) is 6.54 Å². The van der Waals surface area contributed by atoms with Gasteiger partial charge in [-0.25, -0.2) is 23.4 Å². The van der Waals surface area contributed by atoms with E-state index in [1.54, 1.807) is 35.4 Å². The molecule has 0 unspecified atom stereocenters. The first-order valence-electron chi connectivity index (χ1n) is 9.84. The largest absolute Gasteiger partial charge is 0.366 e. The Kier molecular flexibility index (Phi) is 4.74. The Morgan fingerprint density at radius 1 is 0.833 bits per heavy atom. The van der Waals surface area contributed by atoms with Crippen LogP contribution >= 0.6 is 0 Å². The number of anilines is 2. The van der Waals surface area contributed by atoms with Crippen molar-refractivity contribution in [2.24, 2.45) is 0 Å². The third-order valence-electron chi connectivity index (χ3n) is 5.43. The van der Waals surface area contributed by atoms with E-state index in [9.17, 15) is 8.78 Å². The number of fused-ring (bicyclic) bond motifs is 1. The molecule has 0 saturated carbocycles. The fourth-order valence-electron chi connectivity index (χ4n) is 3.88. The van der Waals surface area contributed by atoms with E-state index in [1.807, 2.05) is 12.1 Å². The summed E-state index contributed by atoms with van der Waals surface area (Å²) >= 11 is 0. The number of aromatic nitrogens is 4. The molecular weight excluding hydrogens is 386 g/mol. The van der Waals surface area contributed by atoms with Gasteiger partial charge < -0.3 is 9.80 Å². The highest BCUT2D eigenvalue weighted by Crippen LogP contribution is 2.26. The maximum Gasteiger partial charge on any atom is 0.163 e. The molecule has 1 aliphatic heterocycles. The number of nitrogens with zero attached hydrogens (tertiary/aromatic N) is 6. The smallest absolute Gasteiger partial charge is 0.163 e. The molecule has 4 aromatic rings. The lowest BCUT2D eigenvalue weighted by molar-refractivity contribution is 0.596. The van der Waals surface area contributed by atoms with Gasteiger partial charge in [-0.2, -0.15) is 5.10 Å². The number of para-hydroxylation sites is 1. The average molecular weight is 406 g/mol. The maximum absolute atomic E-state index is 14.1. The fourth-order valence-corrected chi connectivity index (χ4v) is 3.88. The van der Waals surface area contributed by atoms with Gasteiger partial charge in [0.05, 0.1) is 23.8 Å². The van der Waals surface area contributed by atoms with Gasteiger partial charge in [-0.05, 0) is 29.8 Å². The van der Waals surface area contributed by atoms with Crippen LogP contribution in [0.4, 0.5) is 20.3 Å². The van der Waals surface area contributed by atoms with E-state index in [1.165, 1.54) is 18.2 Å². The molecule has 1 saturated heterocycles. The van der Waals surface area contributed by atoms with Crippen molar-refractivity contribution in [3.8, 4) is 0 Å². The molecule has 2 aromatic heterocycles. The second-order valence-corrected chi connectivity index (χ2v) is 7.29. The predicted molar refractivity (Wildman–Crippen MR) is 112 cm³/mol. The second-order valence-electron chi connectivity index (χ2n) is 7.29. The molecule has 5 rings (SSSR count). The summed E-state index contributed by atoms with van der Waals surface area (Å²) in [5.74, 6) is 0.374. The number of rotatable bonds is 4. The van der Waals surface area contributed by atoms with Crippen molar-refractivity contribution >= 4 is 22.5 Å². The summed E-state index contributed by atoms with van der Waals surface area (Å²) in [6, 6.07) is 13.2. The van der Waals surface area contributed by atoms with Crippen molar-refractivity contribution in [1.82, 2.24) is 19.7 Å². The molecule has 152 valence electrons. The van der Waals surface area contributed by atoms with Gasteiger partial charge in [-0.15, -0.1) is 0 Å². The minimum atomic E-state index is -0.261. The van der Waals surface area contributed by atoms with E-state index in [0.717, 1.165) is 35.5 Å². The van der Waals surface area contributed by atoms with Crippen molar-refractivity contribution in [3.63, 3.8) is 0 Å². The minimum Gasteiger partial charge on any atom is -0.366 e.